The number of carbonyl (C=O) groups is 3. The molecule has 3 heterocycles. The molecular weight excluding hydrogens is 657 g/mol. The van der Waals surface area contributed by atoms with Gasteiger partial charge in [0.05, 0.1) is 10.8 Å². The number of aromatic nitrogens is 2. The topological polar surface area (TPSA) is 112 Å². The van der Waals surface area contributed by atoms with E-state index >= 15 is 0 Å². The molecule has 0 radical (unpaired) electrons. The highest BCUT2D eigenvalue weighted by molar-refractivity contribution is 7.14. The average Bonchev–Trinajstić information content (AvgIpc) is 3.84. The Morgan fingerprint density at radius 2 is 1.67 bits per heavy atom. The standard InChI is InChI=1S/C42H54N4O4S/c1-5-6-27-7-11-29(12-8-27)30-15-17-31(18-16-30)34-24-43-38(44-25-34)32-13-9-28(10-14-32)23-35(40(48)46-22-21-33(26-46)41(49)50)45-39(47)36-19-20-37(51-36)42(2,3)4/h9-10,13-14,17,19-20,24-25,27,29-30,33,35H,5-8,11-12,15-16,18,21-23,26H2,1-4H3,(H,45,47)(H,49,50)/t27?,29?,30?,33-,35?/m0/s1. The average molecular weight is 711 g/mol. The monoisotopic (exact) mass is 710 g/mol. The minimum Gasteiger partial charge on any atom is -0.481 e. The maximum atomic E-state index is 13.7. The molecule has 2 aliphatic carbocycles. The molecular formula is C42H54N4O4S. The minimum absolute atomic E-state index is 0.0883. The van der Waals surface area contributed by atoms with Gasteiger partial charge in [0.25, 0.3) is 5.91 Å². The fourth-order valence-electron chi connectivity index (χ4n) is 8.24. The highest BCUT2D eigenvalue weighted by atomic mass is 32.1. The summed E-state index contributed by atoms with van der Waals surface area (Å²) in [7, 11) is 0. The molecule has 2 unspecified atom stereocenters. The summed E-state index contributed by atoms with van der Waals surface area (Å²) < 4.78 is 0. The molecule has 3 atom stereocenters. The number of carboxylic acid groups (broad SMARTS) is 1. The summed E-state index contributed by atoms with van der Waals surface area (Å²) in [5, 5.41) is 12.5. The summed E-state index contributed by atoms with van der Waals surface area (Å²) in [5.41, 5.74) is 4.13. The molecule has 3 aliphatic rings. The van der Waals surface area contributed by atoms with Crippen molar-refractivity contribution < 1.29 is 19.5 Å². The Kier molecular flexibility index (Phi) is 11.7. The van der Waals surface area contributed by atoms with E-state index in [4.69, 9.17) is 9.97 Å². The van der Waals surface area contributed by atoms with Crippen LogP contribution in [0, 0.1) is 23.7 Å². The van der Waals surface area contributed by atoms with Crippen molar-refractivity contribution in [2.24, 2.45) is 23.7 Å². The summed E-state index contributed by atoms with van der Waals surface area (Å²) in [6, 6.07) is 10.8. The lowest BCUT2D eigenvalue weighted by molar-refractivity contribution is -0.141. The molecule has 51 heavy (non-hydrogen) atoms. The van der Waals surface area contributed by atoms with E-state index in [2.05, 4.69) is 39.1 Å². The van der Waals surface area contributed by atoms with Gasteiger partial charge in [-0.2, -0.15) is 0 Å². The van der Waals surface area contributed by atoms with Gasteiger partial charge in [-0.15, -0.1) is 11.3 Å². The molecule has 2 amide bonds. The summed E-state index contributed by atoms with van der Waals surface area (Å²) >= 11 is 1.43. The van der Waals surface area contributed by atoms with Gasteiger partial charge < -0.3 is 15.3 Å². The molecule has 1 aliphatic heterocycles. The van der Waals surface area contributed by atoms with Crippen LogP contribution in [0.5, 0.6) is 0 Å². The third-order valence-electron chi connectivity index (χ3n) is 11.4. The summed E-state index contributed by atoms with van der Waals surface area (Å²) in [4.78, 5) is 51.4. The van der Waals surface area contributed by atoms with Gasteiger partial charge in [-0.25, -0.2) is 9.97 Å². The van der Waals surface area contributed by atoms with Gasteiger partial charge in [-0.1, -0.05) is 83.7 Å². The van der Waals surface area contributed by atoms with Crippen molar-refractivity contribution in [3.05, 3.63) is 75.7 Å². The Balaban J connectivity index is 1.09. The van der Waals surface area contributed by atoms with Crippen molar-refractivity contribution in [2.75, 3.05) is 13.1 Å². The number of carboxylic acids is 1. The molecule has 1 aromatic carbocycles. The zero-order valence-electron chi connectivity index (χ0n) is 30.7. The first kappa shape index (κ1) is 36.9. The Labute approximate surface area is 307 Å². The number of amides is 2. The van der Waals surface area contributed by atoms with Gasteiger partial charge in [0, 0.05) is 47.9 Å². The first-order valence-corrected chi connectivity index (χ1v) is 19.8. The summed E-state index contributed by atoms with van der Waals surface area (Å²) in [5.74, 6) is 1.25. The highest BCUT2D eigenvalue weighted by Crippen LogP contribution is 2.42. The molecule has 0 bridgehead atoms. The van der Waals surface area contributed by atoms with E-state index in [0.29, 0.717) is 23.7 Å². The lowest BCUT2D eigenvalue weighted by atomic mass is 9.70. The number of allylic oxidation sites excluding steroid dienone is 2. The van der Waals surface area contributed by atoms with Crippen molar-refractivity contribution in [3.8, 4) is 11.4 Å². The Hall–Kier alpha value is -3.85. The van der Waals surface area contributed by atoms with Crippen LogP contribution in [0.1, 0.15) is 118 Å². The zero-order chi connectivity index (χ0) is 36.1. The number of carbonyl (C=O) groups excluding carboxylic acids is 2. The molecule has 8 nitrogen and oxygen atoms in total. The molecule has 3 aromatic rings. The fourth-order valence-corrected chi connectivity index (χ4v) is 9.21. The number of hydrogen-bond acceptors (Lipinski definition) is 6. The van der Waals surface area contributed by atoms with Crippen molar-refractivity contribution in [2.45, 2.75) is 110 Å². The predicted octanol–water partition coefficient (Wildman–Crippen LogP) is 8.57. The number of likely N-dealkylation sites (tertiary alicyclic amines) is 1. The van der Waals surface area contributed by atoms with E-state index in [9.17, 15) is 19.5 Å². The van der Waals surface area contributed by atoms with Gasteiger partial charge in [0.15, 0.2) is 5.82 Å². The summed E-state index contributed by atoms with van der Waals surface area (Å²) in [6.45, 7) is 9.12. The number of thiophene rings is 1. The molecule has 9 heteroatoms. The number of nitrogens with one attached hydrogen (secondary N) is 1. The van der Waals surface area contributed by atoms with Gasteiger partial charge in [-0.05, 0) is 85.0 Å². The first-order valence-electron chi connectivity index (χ1n) is 19.0. The van der Waals surface area contributed by atoms with E-state index in [-0.39, 0.29) is 30.2 Å². The van der Waals surface area contributed by atoms with Crippen LogP contribution in [0.25, 0.3) is 17.0 Å². The van der Waals surface area contributed by atoms with Crippen LogP contribution in [-0.2, 0) is 21.4 Å². The normalized spacial score (nSPS) is 23.1. The first-order chi connectivity index (χ1) is 24.5. The number of hydrogen-bond donors (Lipinski definition) is 2. The lowest BCUT2D eigenvalue weighted by Crippen LogP contribution is -2.49. The molecule has 1 saturated carbocycles. The molecule has 2 N–H and O–H groups in total. The van der Waals surface area contributed by atoms with Crippen LogP contribution >= 0.6 is 11.3 Å². The number of aliphatic carboxylic acids is 1. The molecule has 2 aromatic heterocycles. The van der Waals surface area contributed by atoms with Crippen LogP contribution in [-0.4, -0.2) is 56.9 Å². The van der Waals surface area contributed by atoms with Crippen LogP contribution in [0.3, 0.4) is 0 Å². The van der Waals surface area contributed by atoms with E-state index in [1.165, 1.54) is 61.9 Å². The third-order valence-corrected chi connectivity index (χ3v) is 12.9. The second-order valence-corrected chi connectivity index (χ2v) is 17.2. The SMILES string of the molecule is CCCC1CCC(C2CC=C(c3cnc(-c4ccc(CC(NC(=O)c5ccc(C(C)(C)C)s5)C(=O)N5CC[C@H](C(=O)O)C5)cc4)nc3)CC2)CC1. The number of rotatable bonds is 11. The zero-order valence-corrected chi connectivity index (χ0v) is 31.5. The molecule has 0 spiro atoms. The van der Waals surface area contributed by atoms with Gasteiger partial charge in [-0.3, -0.25) is 14.4 Å². The van der Waals surface area contributed by atoms with Gasteiger partial charge in [0.2, 0.25) is 5.91 Å². The van der Waals surface area contributed by atoms with E-state index in [1.54, 1.807) is 11.0 Å². The van der Waals surface area contributed by atoms with Crippen molar-refractivity contribution in [1.82, 2.24) is 20.2 Å². The Bertz CT molecular complexity index is 1700. The third kappa shape index (κ3) is 9.15. The van der Waals surface area contributed by atoms with Crippen LogP contribution in [0.2, 0.25) is 0 Å². The van der Waals surface area contributed by atoms with E-state index in [1.807, 2.05) is 42.7 Å². The second-order valence-electron chi connectivity index (χ2n) is 16.1. The summed E-state index contributed by atoms with van der Waals surface area (Å²) in [6.07, 6.45) is 18.9. The van der Waals surface area contributed by atoms with E-state index in [0.717, 1.165) is 52.2 Å². The van der Waals surface area contributed by atoms with Gasteiger partial charge in [0.1, 0.15) is 6.04 Å². The maximum Gasteiger partial charge on any atom is 0.308 e. The van der Waals surface area contributed by atoms with Crippen LogP contribution in [0.4, 0.5) is 0 Å². The van der Waals surface area contributed by atoms with Crippen molar-refractivity contribution in [1.29, 1.82) is 0 Å². The quantitative estimate of drug-likeness (QED) is 0.206. The molecule has 272 valence electrons. The van der Waals surface area contributed by atoms with Crippen LogP contribution in [0.15, 0.2) is 54.9 Å². The van der Waals surface area contributed by atoms with Crippen LogP contribution < -0.4 is 5.32 Å². The molecule has 2 fully saturated rings. The second kappa shape index (κ2) is 16.2. The van der Waals surface area contributed by atoms with Gasteiger partial charge >= 0.3 is 5.97 Å². The maximum absolute atomic E-state index is 13.7. The molecule has 6 rings (SSSR count). The minimum atomic E-state index is -0.899. The van der Waals surface area contributed by atoms with Crippen molar-refractivity contribution in [3.63, 3.8) is 0 Å². The largest absolute Gasteiger partial charge is 0.481 e. The highest BCUT2D eigenvalue weighted by Gasteiger charge is 2.35. The number of benzene rings is 1. The fraction of sp³-hybridized carbons (Fsp3) is 0.548. The Morgan fingerprint density at radius 1 is 0.941 bits per heavy atom. The number of nitrogens with zero attached hydrogens (tertiary/aromatic N) is 3. The molecule has 1 saturated heterocycles. The van der Waals surface area contributed by atoms with Crippen molar-refractivity contribution >= 4 is 34.7 Å². The smallest absolute Gasteiger partial charge is 0.308 e. The predicted molar refractivity (Wildman–Crippen MR) is 203 cm³/mol. The Morgan fingerprint density at radius 3 is 2.25 bits per heavy atom. The van der Waals surface area contributed by atoms with E-state index < -0.39 is 17.9 Å². The lowest BCUT2D eigenvalue weighted by Gasteiger charge is -2.35.